The second-order valence-corrected chi connectivity index (χ2v) is 6.16. The van der Waals surface area contributed by atoms with Gasteiger partial charge in [0.1, 0.15) is 0 Å². The number of rotatable bonds is 1. The molecule has 104 valence electrons. The second-order valence-electron chi connectivity index (χ2n) is 6.16. The quantitative estimate of drug-likeness (QED) is 0.866. The molecule has 1 aliphatic rings. The summed E-state index contributed by atoms with van der Waals surface area (Å²) in [5.41, 5.74) is 9.44. The van der Waals surface area contributed by atoms with Crippen LogP contribution in [-0.2, 0) is 0 Å². The van der Waals surface area contributed by atoms with E-state index < -0.39 is 0 Å². The number of aryl methyl sites for hydroxylation is 1. The van der Waals surface area contributed by atoms with Gasteiger partial charge in [0.05, 0.1) is 28.7 Å². The number of carbonyl (C=O) groups is 1. The summed E-state index contributed by atoms with van der Waals surface area (Å²) in [7, 11) is 0. The van der Waals surface area contributed by atoms with Gasteiger partial charge in [0.15, 0.2) is 5.78 Å². The molecule has 1 aromatic heterocycles. The Morgan fingerprint density at radius 2 is 1.95 bits per heavy atom. The van der Waals surface area contributed by atoms with Crippen LogP contribution >= 0.6 is 0 Å². The van der Waals surface area contributed by atoms with Crippen LogP contribution in [0.1, 0.15) is 48.1 Å². The van der Waals surface area contributed by atoms with Crippen LogP contribution in [0.15, 0.2) is 30.3 Å². The first-order valence-electron chi connectivity index (χ1n) is 6.85. The summed E-state index contributed by atoms with van der Waals surface area (Å²) in [4.78, 5) is 12.4. The van der Waals surface area contributed by atoms with Crippen molar-refractivity contribution in [2.75, 3.05) is 0 Å². The molecule has 0 radical (unpaired) electrons. The molecule has 2 N–H and O–H groups in total. The van der Waals surface area contributed by atoms with Gasteiger partial charge in [-0.15, -0.1) is 0 Å². The molecule has 1 aromatic carbocycles. The minimum Gasteiger partial charge on any atom is -0.322 e. The molecular formula is C16H19N3O. The Labute approximate surface area is 118 Å². The molecule has 3 rings (SSSR count). The number of hydrogen-bond donors (Lipinski definition) is 1. The van der Waals surface area contributed by atoms with Gasteiger partial charge in [-0.2, -0.15) is 5.10 Å². The van der Waals surface area contributed by atoms with E-state index in [4.69, 9.17) is 5.73 Å². The van der Waals surface area contributed by atoms with Crippen molar-refractivity contribution < 1.29 is 4.79 Å². The number of fused-ring (bicyclic) bond motifs is 1. The number of Topliss-reactive ketones (excluding diaryl/α,β-unsaturated/α-hetero) is 1. The van der Waals surface area contributed by atoms with Gasteiger partial charge in [-0.1, -0.05) is 32.0 Å². The predicted octanol–water partition coefficient (Wildman–Crippen LogP) is 2.79. The highest BCUT2D eigenvalue weighted by atomic mass is 16.1. The van der Waals surface area contributed by atoms with E-state index in [1.165, 1.54) is 0 Å². The fourth-order valence-electron chi connectivity index (χ4n) is 2.93. The lowest BCUT2D eigenvalue weighted by atomic mass is 9.72. The molecule has 0 fully saturated rings. The molecule has 0 saturated heterocycles. The van der Waals surface area contributed by atoms with Crippen LogP contribution in [0.4, 0.5) is 0 Å². The Kier molecular flexibility index (Phi) is 2.80. The van der Waals surface area contributed by atoms with Crippen molar-refractivity contribution in [3.05, 3.63) is 47.3 Å². The monoisotopic (exact) mass is 269 g/mol. The van der Waals surface area contributed by atoms with Gasteiger partial charge in [-0.05, 0) is 24.5 Å². The molecule has 20 heavy (non-hydrogen) atoms. The zero-order valence-corrected chi connectivity index (χ0v) is 12.1. The van der Waals surface area contributed by atoms with E-state index in [-0.39, 0.29) is 17.2 Å². The molecule has 4 nitrogen and oxygen atoms in total. The third-order valence-corrected chi connectivity index (χ3v) is 4.13. The summed E-state index contributed by atoms with van der Waals surface area (Å²) < 4.78 is 1.83. The topological polar surface area (TPSA) is 60.9 Å². The average molecular weight is 269 g/mol. The van der Waals surface area contributed by atoms with Crippen LogP contribution in [0.25, 0.3) is 5.69 Å². The standard InChI is InChI=1S/C16H19N3O/c1-10-13-12(20)9-16(2,3)15(17)14(13)19(18-10)11-7-5-4-6-8-11/h4-8,15H,9,17H2,1-3H3/t15-/m0/s1. The number of ketones is 1. The first-order chi connectivity index (χ1) is 9.42. The summed E-state index contributed by atoms with van der Waals surface area (Å²) in [5.74, 6) is 0.145. The summed E-state index contributed by atoms with van der Waals surface area (Å²) in [5, 5.41) is 4.54. The third kappa shape index (κ3) is 1.79. The van der Waals surface area contributed by atoms with E-state index in [0.29, 0.717) is 12.0 Å². The Morgan fingerprint density at radius 1 is 1.30 bits per heavy atom. The van der Waals surface area contributed by atoms with E-state index in [1.54, 1.807) is 0 Å². The minimum absolute atomic E-state index is 0.145. The maximum atomic E-state index is 12.4. The van der Waals surface area contributed by atoms with Crippen molar-refractivity contribution >= 4 is 5.78 Å². The first kappa shape index (κ1) is 13.1. The average Bonchev–Trinajstić information content (AvgIpc) is 2.75. The van der Waals surface area contributed by atoms with E-state index in [1.807, 2.05) is 55.8 Å². The maximum Gasteiger partial charge on any atom is 0.167 e. The molecule has 0 saturated carbocycles. The van der Waals surface area contributed by atoms with E-state index in [0.717, 1.165) is 17.1 Å². The molecule has 1 heterocycles. The summed E-state index contributed by atoms with van der Waals surface area (Å²) in [6, 6.07) is 9.63. The van der Waals surface area contributed by atoms with Crippen molar-refractivity contribution in [2.24, 2.45) is 11.1 Å². The van der Waals surface area contributed by atoms with Crippen molar-refractivity contribution in [2.45, 2.75) is 33.2 Å². The van der Waals surface area contributed by atoms with Gasteiger partial charge >= 0.3 is 0 Å². The Balaban J connectivity index is 2.26. The van der Waals surface area contributed by atoms with Crippen LogP contribution in [0.5, 0.6) is 0 Å². The lowest BCUT2D eigenvalue weighted by Crippen LogP contribution is -2.38. The summed E-state index contributed by atoms with van der Waals surface area (Å²) in [6.07, 6.45) is 0.475. The SMILES string of the molecule is Cc1nn(-c2ccccc2)c2c1C(=O)CC(C)(C)[C@H]2N. The molecule has 1 atom stereocenters. The molecule has 2 aromatic rings. The number of nitrogens with zero attached hydrogens (tertiary/aromatic N) is 2. The highest BCUT2D eigenvalue weighted by Crippen LogP contribution is 2.43. The van der Waals surface area contributed by atoms with Crippen LogP contribution < -0.4 is 5.73 Å². The summed E-state index contributed by atoms with van der Waals surface area (Å²) >= 11 is 0. The zero-order chi connectivity index (χ0) is 14.5. The van der Waals surface area contributed by atoms with Crippen LogP contribution in [-0.4, -0.2) is 15.6 Å². The van der Waals surface area contributed by atoms with Crippen molar-refractivity contribution in [3.8, 4) is 5.69 Å². The molecule has 0 spiro atoms. The van der Waals surface area contributed by atoms with E-state index in [2.05, 4.69) is 5.10 Å². The number of carbonyl (C=O) groups excluding carboxylic acids is 1. The highest BCUT2D eigenvalue weighted by Gasteiger charge is 2.42. The number of benzene rings is 1. The van der Waals surface area contributed by atoms with Gasteiger partial charge < -0.3 is 5.73 Å². The lowest BCUT2D eigenvalue weighted by Gasteiger charge is -2.35. The number of nitrogens with two attached hydrogens (primary N) is 1. The lowest BCUT2D eigenvalue weighted by molar-refractivity contribution is 0.0881. The van der Waals surface area contributed by atoms with Gasteiger partial charge in [-0.3, -0.25) is 4.79 Å². The van der Waals surface area contributed by atoms with Gasteiger partial charge in [0.2, 0.25) is 0 Å². The van der Waals surface area contributed by atoms with E-state index >= 15 is 0 Å². The number of para-hydroxylation sites is 1. The van der Waals surface area contributed by atoms with Crippen LogP contribution in [0.3, 0.4) is 0 Å². The normalized spacial score (nSPS) is 20.8. The van der Waals surface area contributed by atoms with Gasteiger partial charge in [0, 0.05) is 6.42 Å². The smallest absolute Gasteiger partial charge is 0.167 e. The van der Waals surface area contributed by atoms with Crippen LogP contribution in [0, 0.1) is 12.3 Å². The molecular weight excluding hydrogens is 250 g/mol. The third-order valence-electron chi connectivity index (χ3n) is 4.13. The van der Waals surface area contributed by atoms with Crippen molar-refractivity contribution in [3.63, 3.8) is 0 Å². The molecule has 0 aliphatic heterocycles. The molecule has 4 heteroatoms. The van der Waals surface area contributed by atoms with Crippen LogP contribution in [0.2, 0.25) is 0 Å². The molecule has 0 amide bonds. The fourth-order valence-corrected chi connectivity index (χ4v) is 2.93. The molecule has 0 unspecified atom stereocenters. The number of hydrogen-bond acceptors (Lipinski definition) is 3. The zero-order valence-electron chi connectivity index (χ0n) is 12.1. The molecule has 0 bridgehead atoms. The maximum absolute atomic E-state index is 12.4. The Morgan fingerprint density at radius 3 is 2.60 bits per heavy atom. The van der Waals surface area contributed by atoms with Gasteiger partial charge in [-0.25, -0.2) is 4.68 Å². The Bertz CT molecular complexity index is 671. The predicted molar refractivity (Wildman–Crippen MR) is 78.0 cm³/mol. The highest BCUT2D eigenvalue weighted by molar-refractivity contribution is 6.00. The first-order valence-corrected chi connectivity index (χ1v) is 6.85. The number of aromatic nitrogens is 2. The van der Waals surface area contributed by atoms with Crippen molar-refractivity contribution in [1.29, 1.82) is 0 Å². The molecule has 1 aliphatic carbocycles. The largest absolute Gasteiger partial charge is 0.322 e. The van der Waals surface area contributed by atoms with Gasteiger partial charge in [0.25, 0.3) is 0 Å². The minimum atomic E-state index is -0.247. The van der Waals surface area contributed by atoms with E-state index in [9.17, 15) is 4.79 Å². The summed E-state index contributed by atoms with van der Waals surface area (Å²) in [6.45, 7) is 5.95. The van der Waals surface area contributed by atoms with Crippen molar-refractivity contribution in [1.82, 2.24) is 9.78 Å². The second kappa shape index (κ2) is 4.28. The fraction of sp³-hybridized carbons (Fsp3) is 0.375. The Hall–Kier alpha value is -1.94.